The van der Waals surface area contributed by atoms with Crippen LogP contribution in [0.15, 0.2) is 64.6 Å². The van der Waals surface area contributed by atoms with E-state index in [0.717, 1.165) is 51.6 Å². The van der Waals surface area contributed by atoms with Crippen LogP contribution in [-0.4, -0.2) is 48.2 Å². The first-order valence-electron chi connectivity index (χ1n) is 17.1. The lowest BCUT2D eigenvalue weighted by molar-refractivity contribution is -0.177. The Morgan fingerprint density at radius 3 is 2.62 bits per heavy atom. The van der Waals surface area contributed by atoms with E-state index >= 15 is 0 Å². The standard InChI is InChI=1S/C39H45N3O3S2/c1-36(2,3)24-10-13-26(14-11-24)42-30-18-25-12-15-27-28-16-17-39(45,33(44)22-46-35-41-29-8-6-7-9-32(29)47-35)38(28,5)20-31(43)34(27)37(25,4)19-23(30)21-40-42/h6-11,13-14,18,21,27-28,31,34,43,45H,12,15-17,19-20,22H2,1-5H3. The Bertz CT molecular complexity index is 1870. The molecule has 8 rings (SSSR count). The van der Waals surface area contributed by atoms with Gasteiger partial charge in [-0.25, -0.2) is 9.67 Å². The molecule has 3 saturated carbocycles. The molecule has 2 heterocycles. The third-order valence-electron chi connectivity index (χ3n) is 12.6. The number of benzene rings is 2. The number of carbonyl (C=O) groups is 1. The van der Waals surface area contributed by atoms with Gasteiger partial charge in [-0.2, -0.15) is 5.10 Å². The maximum Gasteiger partial charge on any atom is 0.175 e. The molecule has 47 heavy (non-hydrogen) atoms. The van der Waals surface area contributed by atoms with Crippen LogP contribution in [0.5, 0.6) is 0 Å². The van der Waals surface area contributed by atoms with Crippen LogP contribution in [0.3, 0.4) is 0 Å². The number of hydrogen-bond donors (Lipinski definition) is 2. The van der Waals surface area contributed by atoms with E-state index in [1.165, 1.54) is 28.5 Å². The lowest BCUT2D eigenvalue weighted by Crippen LogP contribution is -2.62. The van der Waals surface area contributed by atoms with Gasteiger partial charge in [0.15, 0.2) is 10.1 Å². The second kappa shape index (κ2) is 10.9. The van der Waals surface area contributed by atoms with Crippen LogP contribution in [0.4, 0.5) is 0 Å². The van der Waals surface area contributed by atoms with Gasteiger partial charge in [-0.3, -0.25) is 4.79 Å². The van der Waals surface area contributed by atoms with Gasteiger partial charge in [0.1, 0.15) is 5.60 Å². The number of aromatic nitrogens is 3. The van der Waals surface area contributed by atoms with Crippen molar-refractivity contribution in [3.05, 3.63) is 77.1 Å². The molecule has 2 aromatic carbocycles. The molecule has 6 nitrogen and oxygen atoms in total. The molecule has 4 aliphatic rings. The van der Waals surface area contributed by atoms with Crippen molar-refractivity contribution in [1.29, 1.82) is 0 Å². The molecule has 3 fully saturated rings. The first-order valence-corrected chi connectivity index (χ1v) is 18.9. The molecular weight excluding hydrogens is 623 g/mol. The molecule has 0 bridgehead atoms. The second-order valence-electron chi connectivity index (χ2n) is 16.1. The summed E-state index contributed by atoms with van der Waals surface area (Å²) < 4.78 is 4.03. The zero-order valence-electron chi connectivity index (χ0n) is 28.0. The SMILES string of the molecule is CC(C)(C)c1ccc(-n2ncc3c2C=C2CCC4C(C(O)CC5(C)C4CCC5(O)C(=O)CSc4nc5ccccc5s4)C2(C)C3)cc1. The highest BCUT2D eigenvalue weighted by molar-refractivity contribution is 8.01. The molecule has 246 valence electrons. The molecule has 0 amide bonds. The quantitative estimate of drug-likeness (QED) is 0.210. The maximum absolute atomic E-state index is 13.9. The average molecular weight is 668 g/mol. The summed E-state index contributed by atoms with van der Waals surface area (Å²) >= 11 is 3.02. The summed E-state index contributed by atoms with van der Waals surface area (Å²) in [5.41, 5.74) is 4.91. The molecule has 4 aliphatic carbocycles. The molecule has 2 N–H and O–H groups in total. The highest BCUT2D eigenvalue weighted by Gasteiger charge is 2.68. The molecule has 0 radical (unpaired) electrons. The number of thiazole rings is 1. The smallest absolute Gasteiger partial charge is 0.175 e. The molecule has 0 spiro atoms. The van der Waals surface area contributed by atoms with Crippen LogP contribution in [0, 0.1) is 28.6 Å². The number of para-hydroxylation sites is 1. The van der Waals surface area contributed by atoms with E-state index < -0.39 is 17.1 Å². The lowest BCUT2D eigenvalue weighted by Gasteiger charge is -2.60. The van der Waals surface area contributed by atoms with Crippen LogP contribution in [-0.2, 0) is 16.6 Å². The van der Waals surface area contributed by atoms with E-state index in [-0.39, 0.29) is 40.1 Å². The summed E-state index contributed by atoms with van der Waals surface area (Å²) in [5.74, 6) is 0.606. The van der Waals surface area contributed by atoms with E-state index in [1.807, 2.05) is 30.5 Å². The minimum absolute atomic E-state index is 0.0812. The fourth-order valence-corrected chi connectivity index (χ4v) is 12.2. The monoisotopic (exact) mass is 667 g/mol. The Morgan fingerprint density at radius 1 is 1.11 bits per heavy atom. The summed E-state index contributed by atoms with van der Waals surface area (Å²) in [5, 5.41) is 29.1. The summed E-state index contributed by atoms with van der Waals surface area (Å²) in [6, 6.07) is 16.8. The predicted molar refractivity (Wildman–Crippen MR) is 190 cm³/mol. The van der Waals surface area contributed by atoms with Crippen LogP contribution in [0.1, 0.15) is 83.5 Å². The fraction of sp³-hybridized carbons (Fsp3) is 0.513. The van der Waals surface area contributed by atoms with Crippen molar-refractivity contribution in [1.82, 2.24) is 14.8 Å². The Balaban J connectivity index is 1.03. The van der Waals surface area contributed by atoms with Crippen molar-refractivity contribution in [2.45, 2.75) is 94.6 Å². The molecule has 7 atom stereocenters. The number of carbonyl (C=O) groups excluding carboxylic acids is 1. The van der Waals surface area contributed by atoms with Gasteiger partial charge in [0.05, 0.1) is 39.7 Å². The minimum Gasteiger partial charge on any atom is -0.393 e. The molecule has 0 saturated heterocycles. The van der Waals surface area contributed by atoms with Gasteiger partial charge in [-0.05, 0) is 109 Å². The average Bonchev–Trinajstić information content (AvgIpc) is 3.71. The normalized spacial score (nSPS) is 33.1. The van der Waals surface area contributed by atoms with Crippen molar-refractivity contribution < 1.29 is 15.0 Å². The second-order valence-corrected chi connectivity index (χ2v) is 18.4. The molecule has 0 aliphatic heterocycles. The van der Waals surface area contributed by atoms with Gasteiger partial charge in [-0.1, -0.05) is 76.2 Å². The van der Waals surface area contributed by atoms with E-state index in [1.54, 1.807) is 11.3 Å². The van der Waals surface area contributed by atoms with Gasteiger partial charge < -0.3 is 10.2 Å². The number of ketones is 1. The summed E-state index contributed by atoms with van der Waals surface area (Å²) in [6.45, 7) is 11.1. The number of rotatable bonds is 5. The van der Waals surface area contributed by atoms with Crippen molar-refractivity contribution in [2.24, 2.45) is 28.6 Å². The third-order valence-corrected chi connectivity index (χ3v) is 14.8. The zero-order valence-corrected chi connectivity index (χ0v) is 29.6. The zero-order chi connectivity index (χ0) is 32.9. The molecular formula is C39H45N3O3S2. The van der Waals surface area contributed by atoms with E-state index in [9.17, 15) is 15.0 Å². The molecule has 7 unspecified atom stereocenters. The van der Waals surface area contributed by atoms with Crippen molar-refractivity contribution in [3.63, 3.8) is 0 Å². The minimum atomic E-state index is -1.44. The number of aliphatic hydroxyl groups excluding tert-OH is 1. The molecule has 8 heteroatoms. The topological polar surface area (TPSA) is 88.2 Å². The van der Waals surface area contributed by atoms with Gasteiger partial charge in [0.2, 0.25) is 0 Å². The first-order chi connectivity index (χ1) is 22.3. The van der Waals surface area contributed by atoms with Crippen molar-refractivity contribution in [2.75, 3.05) is 5.75 Å². The van der Waals surface area contributed by atoms with Crippen LogP contribution >= 0.6 is 23.1 Å². The third kappa shape index (κ3) is 4.76. The summed E-state index contributed by atoms with van der Waals surface area (Å²) in [7, 11) is 0. The highest BCUT2D eigenvalue weighted by Crippen LogP contribution is 2.67. The number of aliphatic hydroxyl groups is 2. The largest absolute Gasteiger partial charge is 0.393 e. The predicted octanol–water partition coefficient (Wildman–Crippen LogP) is 8.02. The van der Waals surface area contributed by atoms with Gasteiger partial charge in [-0.15, -0.1) is 11.3 Å². The summed E-state index contributed by atoms with van der Waals surface area (Å²) in [4.78, 5) is 18.6. The number of hydrogen-bond acceptors (Lipinski definition) is 7. The van der Waals surface area contributed by atoms with Crippen molar-refractivity contribution in [3.8, 4) is 5.69 Å². The summed E-state index contributed by atoms with van der Waals surface area (Å²) in [6.07, 6.45) is 8.29. The Morgan fingerprint density at radius 2 is 1.87 bits per heavy atom. The van der Waals surface area contributed by atoms with Crippen LogP contribution in [0.25, 0.3) is 22.0 Å². The number of fused-ring (bicyclic) bond motifs is 7. The number of Topliss-reactive ketones (excluding diaryl/α,β-unsaturated/α-hetero) is 1. The van der Waals surface area contributed by atoms with E-state index in [4.69, 9.17) is 5.10 Å². The highest BCUT2D eigenvalue weighted by atomic mass is 32.2. The van der Waals surface area contributed by atoms with E-state index in [2.05, 4.69) is 74.6 Å². The maximum atomic E-state index is 13.9. The van der Waals surface area contributed by atoms with Gasteiger partial charge in [0.25, 0.3) is 0 Å². The number of nitrogens with zero attached hydrogens (tertiary/aromatic N) is 3. The van der Waals surface area contributed by atoms with Crippen LogP contribution < -0.4 is 0 Å². The lowest BCUT2D eigenvalue weighted by atomic mass is 9.45. The number of allylic oxidation sites excluding steroid dienone is 1. The first kappa shape index (κ1) is 31.5. The van der Waals surface area contributed by atoms with Crippen molar-refractivity contribution >= 4 is 45.2 Å². The molecule has 4 aromatic rings. The number of thioether (sulfide) groups is 1. The van der Waals surface area contributed by atoms with Gasteiger partial charge >= 0.3 is 0 Å². The van der Waals surface area contributed by atoms with E-state index in [0.29, 0.717) is 12.8 Å². The Labute approximate surface area is 285 Å². The Kier molecular flexibility index (Phi) is 7.28. The molecule has 2 aromatic heterocycles. The van der Waals surface area contributed by atoms with Gasteiger partial charge in [0, 0.05) is 5.41 Å². The van der Waals surface area contributed by atoms with Crippen LogP contribution in [0.2, 0.25) is 0 Å². The fourth-order valence-electron chi connectivity index (χ4n) is 10.1. The Hall–Kier alpha value is -2.78.